The van der Waals surface area contributed by atoms with E-state index in [0.717, 1.165) is 24.8 Å². The number of carbonyl (C=O) groups excluding carboxylic acids is 1. The molecule has 1 heterocycles. The Labute approximate surface area is 185 Å². The van der Waals surface area contributed by atoms with E-state index in [4.69, 9.17) is 4.74 Å². The summed E-state index contributed by atoms with van der Waals surface area (Å²) in [6.07, 6.45) is 2.64. The first-order valence-corrected chi connectivity index (χ1v) is 12.3. The standard InChI is InChI=1S/C24H32N2O4S/c1-5-19-6-8-20(9-7-19)18(3)25-24(27)22-16-21(10-11-23(22)30-4)31(28,29)26-14-12-17(2)13-15-26/h6-11,16-18H,5,12-15H2,1-4H3,(H,25,27)/t18-/m0/s1. The van der Waals surface area contributed by atoms with E-state index < -0.39 is 10.0 Å². The van der Waals surface area contributed by atoms with E-state index in [1.807, 2.05) is 31.2 Å². The Morgan fingerprint density at radius 1 is 1.16 bits per heavy atom. The van der Waals surface area contributed by atoms with Crippen molar-refractivity contribution in [2.45, 2.75) is 51.0 Å². The quantitative estimate of drug-likeness (QED) is 0.695. The van der Waals surface area contributed by atoms with Crippen molar-refractivity contribution >= 4 is 15.9 Å². The van der Waals surface area contributed by atoms with Crippen molar-refractivity contribution in [3.8, 4) is 5.75 Å². The van der Waals surface area contributed by atoms with Gasteiger partial charge in [-0.15, -0.1) is 0 Å². The SMILES string of the molecule is CCc1ccc([C@H](C)NC(=O)c2cc(S(=O)(=O)N3CCC(C)CC3)ccc2OC)cc1. The molecule has 2 aromatic carbocycles. The first-order valence-electron chi connectivity index (χ1n) is 10.8. The molecule has 0 aliphatic carbocycles. The highest BCUT2D eigenvalue weighted by molar-refractivity contribution is 7.89. The minimum atomic E-state index is -3.66. The van der Waals surface area contributed by atoms with E-state index in [-0.39, 0.29) is 22.4 Å². The van der Waals surface area contributed by atoms with Gasteiger partial charge in [-0.3, -0.25) is 4.79 Å². The van der Waals surface area contributed by atoms with Gasteiger partial charge in [-0.1, -0.05) is 38.1 Å². The van der Waals surface area contributed by atoms with Gasteiger partial charge in [-0.25, -0.2) is 8.42 Å². The number of benzene rings is 2. The Bertz CT molecular complexity index is 1010. The molecule has 0 radical (unpaired) electrons. The highest BCUT2D eigenvalue weighted by Gasteiger charge is 2.29. The summed E-state index contributed by atoms with van der Waals surface area (Å²) in [5, 5.41) is 2.96. The van der Waals surface area contributed by atoms with E-state index in [1.165, 1.54) is 29.1 Å². The van der Waals surface area contributed by atoms with Crippen LogP contribution in [0.15, 0.2) is 47.4 Å². The zero-order valence-corrected chi connectivity index (χ0v) is 19.5. The lowest BCUT2D eigenvalue weighted by Crippen LogP contribution is -2.38. The van der Waals surface area contributed by atoms with Crippen molar-refractivity contribution in [2.24, 2.45) is 5.92 Å². The van der Waals surface area contributed by atoms with Crippen molar-refractivity contribution in [3.63, 3.8) is 0 Å². The largest absolute Gasteiger partial charge is 0.496 e. The number of ether oxygens (including phenoxy) is 1. The van der Waals surface area contributed by atoms with Crippen LogP contribution in [0.25, 0.3) is 0 Å². The third kappa shape index (κ3) is 5.28. The maximum atomic E-state index is 13.1. The fourth-order valence-electron chi connectivity index (χ4n) is 3.80. The molecule has 1 atom stereocenters. The highest BCUT2D eigenvalue weighted by Crippen LogP contribution is 2.28. The van der Waals surface area contributed by atoms with Crippen LogP contribution in [-0.4, -0.2) is 38.8 Å². The summed E-state index contributed by atoms with van der Waals surface area (Å²) in [7, 11) is -2.19. The molecule has 1 aliphatic heterocycles. The average molecular weight is 445 g/mol. The third-order valence-electron chi connectivity index (χ3n) is 6.03. The normalized spacial score (nSPS) is 16.6. The summed E-state index contributed by atoms with van der Waals surface area (Å²) < 4.78 is 33.1. The molecule has 7 heteroatoms. The number of hydrogen-bond acceptors (Lipinski definition) is 4. The number of rotatable bonds is 7. The topological polar surface area (TPSA) is 75.7 Å². The smallest absolute Gasteiger partial charge is 0.255 e. The van der Waals surface area contributed by atoms with Crippen molar-refractivity contribution in [2.75, 3.05) is 20.2 Å². The Balaban J connectivity index is 1.83. The van der Waals surface area contributed by atoms with Crippen LogP contribution in [0.2, 0.25) is 0 Å². The first-order chi connectivity index (χ1) is 14.8. The van der Waals surface area contributed by atoms with Crippen LogP contribution in [0.3, 0.4) is 0 Å². The molecule has 1 N–H and O–H groups in total. The summed E-state index contributed by atoms with van der Waals surface area (Å²) >= 11 is 0. The zero-order chi connectivity index (χ0) is 22.6. The molecule has 168 valence electrons. The summed E-state index contributed by atoms with van der Waals surface area (Å²) in [6, 6.07) is 12.3. The number of piperidine rings is 1. The molecule has 3 rings (SSSR count). The minimum Gasteiger partial charge on any atom is -0.496 e. The minimum absolute atomic E-state index is 0.118. The second kappa shape index (κ2) is 9.83. The predicted octanol–water partition coefficient (Wildman–Crippen LogP) is 4.17. The Morgan fingerprint density at radius 3 is 2.39 bits per heavy atom. The number of methoxy groups -OCH3 is 1. The van der Waals surface area contributed by atoms with Gasteiger partial charge in [-0.05, 0) is 61.4 Å². The fraction of sp³-hybridized carbons (Fsp3) is 0.458. The molecule has 0 unspecified atom stereocenters. The molecule has 1 aliphatic rings. The lowest BCUT2D eigenvalue weighted by Gasteiger charge is -2.29. The van der Waals surface area contributed by atoms with Gasteiger partial charge in [0.1, 0.15) is 5.75 Å². The maximum Gasteiger partial charge on any atom is 0.255 e. The van der Waals surface area contributed by atoms with Crippen LogP contribution in [0.4, 0.5) is 0 Å². The highest BCUT2D eigenvalue weighted by atomic mass is 32.2. The van der Waals surface area contributed by atoms with Crippen molar-refractivity contribution in [3.05, 3.63) is 59.2 Å². The predicted molar refractivity (Wildman–Crippen MR) is 122 cm³/mol. The van der Waals surface area contributed by atoms with Gasteiger partial charge in [0.05, 0.1) is 23.6 Å². The number of sulfonamides is 1. The van der Waals surface area contributed by atoms with Crippen LogP contribution < -0.4 is 10.1 Å². The Kier molecular flexibility index (Phi) is 7.38. The molecule has 1 amide bonds. The van der Waals surface area contributed by atoms with Crippen LogP contribution >= 0.6 is 0 Å². The molecular weight excluding hydrogens is 412 g/mol. The molecule has 0 saturated carbocycles. The van der Waals surface area contributed by atoms with Crippen LogP contribution in [0.5, 0.6) is 5.75 Å². The van der Waals surface area contributed by atoms with Crippen molar-refractivity contribution in [1.29, 1.82) is 0 Å². The summed E-state index contributed by atoms with van der Waals surface area (Å²) in [5.41, 5.74) is 2.43. The second-order valence-electron chi connectivity index (χ2n) is 8.24. The Morgan fingerprint density at radius 2 is 1.81 bits per heavy atom. The molecule has 31 heavy (non-hydrogen) atoms. The fourth-order valence-corrected chi connectivity index (χ4v) is 5.30. The summed E-state index contributed by atoms with van der Waals surface area (Å²) in [4.78, 5) is 13.1. The van der Waals surface area contributed by atoms with Crippen LogP contribution in [-0.2, 0) is 16.4 Å². The lowest BCUT2D eigenvalue weighted by atomic mass is 10.0. The molecule has 1 saturated heterocycles. The zero-order valence-electron chi connectivity index (χ0n) is 18.7. The number of amides is 1. The van der Waals surface area contributed by atoms with Crippen molar-refractivity contribution < 1.29 is 17.9 Å². The third-order valence-corrected chi connectivity index (χ3v) is 7.93. The van der Waals surface area contributed by atoms with Gasteiger partial charge < -0.3 is 10.1 Å². The van der Waals surface area contributed by atoms with E-state index >= 15 is 0 Å². The van der Waals surface area contributed by atoms with E-state index in [9.17, 15) is 13.2 Å². The van der Waals surface area contributed by atoms with E-state index in [0.29, 0.717) is 24.8 Å². The number of carbonyl (C=O) groups is 1. The summed E-state index contributed by atoms with van der Waals surface area (Å²) in [6.45, 7) is 7.14. The van der Waals surface area contributed by atoms with Crippen LogP contribution in [0, 0.1) is 5.92 Å². The van der Waals surface area contributed by atoms with E-state index in [2.05, 4.69) is 19.2 Å². The monoisotopic (exact) mass is 444 g/mol. The number of nitrogens with zero attached hydrogens (tertiary/aromatic N) is 1. The van der Waals surface area contributed by atoms with Gasteiger partial charge in [-0.2, -0.15) is 4.31 Å². The molecule has 1 fully saturated rings. The number of aryl methyl sites for hydroxylation is 1. The molecule has 0 bridgehead atoms. The van der Waals surface area contributed by atoms with Gasteiger partial charge >= 0.3 is 0 Å². The van der Waals surface area contributed by atoms with Crippen molar-refractivity contribution in [1.82, 2.24) is 9.62 Å². The van der Waals surface area contributed by atoms with Gasteiger partial charge in [0.25, 0.3) is 5.91 Å². The van der Waals surface area contributed by atoms with Gasteiger partial charge in [0.15, 0.2) is 0 Å². The first kappa shape index (κ1) is 23.3. The van der Waals surface area contributed by atoms with Crippen LogP contribution in [0.1, 0.15) is 61.1 Å². The molecule has 6 nitrogen and oxygen atoms in total. The Hall–Kier alpha value is -2.38. The molecule has 0 aromatic heterocycles. The average Bonchev–Trinajstić information content (AvgIpc) is 2.78. The number of hydrogen-bond donors (Lipinski definition) is 1. The molecule has 0 spiro atoms. The lowest BCUT2D eigenvalue weighted by molar-refractivity contribution is 0.0936. The van der Waals surface area contributed by atoms with E-state index in [1.54, 1.807) is 6.07 Å². The molecule has 2 aromatic rings. The molecular formula is C24H32N2O4S. The summed E-state index contributed by atoms with van der Waals surface area (Å²) in [5.74, 6) is 0.502. The van der Waals surface area contributed by atoms with Gasteiger partial charge in [0, 0.05) is 13.1 Å². The second-order valence-corrected chi connectivity index (χ2v) is 10.2. The number of nitrogens with one attached hydrogen (secondary N) is 1. The van der Waals surface area contributed by atoms with Gasteiger partial charge in [0.2, 0.25) is 10.0 Å². The maximum absolute atomic E-state index is 13.1.